The molecule has 2 rings (SSSR count). The van der Waals surface area contributed by atoms with Crippen molar-refractivity contribution in [2.45, 2.75) is 44.7 Å². The number of hydrogen-bond donors (Lipinski definition) is 2. The van der Waals surface area contributed by atoms with Crippen LogP contribution in [0, 0.1) is 0 Å². The summed E-state index contributed by atoms with van der Waals surface area (Å²) in [4.78, 5) is 12.3. The van der Waals surface area contributed by atoms with Gasteiger partial charge in [0.25, 0.3) is 0 Å². The van der Waals surface area contributed by atoms with Crippen molar-refractivity contribution in [3.63, 3.8) is 0 Å². The quantitative estimate of drug-likeness (QED) is 0.844. The zero-order chi connectivity index (χ0) is 12.1. The third-order valence-electron chi connectivity index (χ3n) is 3.39. The highest BCUT2D eigenvalue weighted by Crippen LogP contribution is 2.25. The van der Waals surface area contributed by atoms with Gasteiger partial charge in [0.05, 0.1) is 5.54 Å². The predicted molar refractivity (Wildman–Crippen MR) is 71.0 cm³/mol. The van der Waals surface area contributed by atoms with E-state index in [1.165, 1.54) is 5.56 Å². The van der Waals surface area contributed by atoms with Crippen LogP contribution in [0.3, 0.4) is 0 Å². The molecule has 0 radical (unpaired) electrons. The van der Waals surface area contributed by atoms with E-state index in [2.05, 4.69) is 29.0 Å². The average Bonchev–Trinajstić information content (AvgIpc) is 2.97. The summed E-state index contributed by atoms with van der Waals surface area (Å²) in [6, 6.07) is 2.06. The minimum absolute atomic E-state index is 0.169. The Kier molecular flexibility index (Phi) is 4.18. The van der Waals surface area contributed by atoms with Crippen LogP contribution in [0.4, 0.5) is 0 Å². The van der Waals surface area contributed by atoms with E-state index in [1.54, 1.807) is 11.3 Å². The van der Waals surface area contributed by atoms with Gasteiger partial charge in [-0.1, -0.05) is 13.3 Å². The summed E-state index contributed by atoms with van der Waals surface area (Å²) in [6.07, 6.45) is 4.05. The fourth-order valence-electron chi connectivity index (χ4n) is 2.50. The second-order valence-electron chi connectivity index (χ2n) is 4.68. The van der Waals surface area contributed by atoms with Crippen LogP contribution in [-0.4, -0.2) is 18.0 Å². The normalized spacial score (nSPS) is 23.8. The van der Waals surface area contributed by atoms with Crippen LogP contribution in [0.5, 0.6) is 0 Å². The zero-order valence-electron chi connectivity index (χ0n) is 10.3. The van der Waals surface area contributed by atoms with Crippen LogP contribution in [0.15, 0.2) is 16.8 Å². The highest BCUT2D eigenvalue weighted by molar-refractivity contribution is 7.07. The number of rotatable bonds is 5. The molecule has 1 saturated heterocycles. The van der Waals surface area contributed by atoms with E-state index in [4.69, 9.17) is 0 Å². The molecule has 0 bridgehead atoms. The lowest BCUT2D eigenvalue weighted by atomic mass is 9.91. The molecule has 1 aliphatic heterocycles. The first kappa shape index (κ1) is 12.6. The van der Waals surface area contributed by atoms with Crippen molar-refractivity contribution in [2.24, 2.45) is 0 Å². The van der Waals surface area contributed by atoms with Crippen molar-refractivity contribution in [1.29, 1.82) is 0 Å². The van der Waals surface area contributed by atoms with Crippen molar-refractivity contribution in [2.75, 3.05) is 6.54 Å². The van der Waals surface area contributed by atoms with Gasteiger partial charge in [-0.05, 0) is 48.2 Å². The average molecular weight is 252 g/mol. The van der Waals surface area contributed by atoms with E-state index >= 15 is 0 Å². The molecule has 4 heteroatoms. The van der Waals surface area contributed by atoms with Crippen LogP contribution < -0.4 is 10.6 Å². The predicted octanol–water partition coefficient (Wildman–Crippen LogP) is 2.29. The molecule has 3 nitrogen and oxygen atoms in total. The monoisotopic (exact) mass is 252 g/mol. The Balaban J connectivity index is 1.92. The van der Waals surface area contributed by atoms with Gasteiger partial charge in [0.1, 0.15) is 0 Å². The zero-order valence-corrected chi connectivity index (χ0v) is 11.1. The molecule has 0 spiro atoms. The Bertz CT molecular complexity index is 356. The first-order chi connectivity index (χ1) is 8.27. The van der Waals surface area contributed by atoms with Gasteiger partial charge in [-0.3, -0.25) is 4.79 Å². The Morgan fingerprint density at radius 1 is 1.65 bits per heavy atom. The van der Waals surface area contributed by atoms with Gasteiger partial charge in [0.15, 0.2) is 0 Å². The maximum Gasteiger partial charge on any atom is 0.240 e. The van der Waals surface area contributed by atoms with Gasteiger partial charge >= 0.3 is 0 Å². The van der Waals surface area contributed by atoms with Crippen LogP contribution in [-0.2, 0) is 11.3 Å². The van der Waals surface area contributed by atoms with Crippen LogP contribution in [0.25, 0.3) is 0 Å². The molecule has 1 atom stereocenters. The molecule has 0 aliphatic carbocycles. The molecule has 17 heavy (non-hydrogen) atoms. The molecular formula is C13H20N2OS. The van der Waals surface area contributed by atoms with Gasteiger partial charge in [-0.2, -0.15) is 11.3 Å². The topological polar surface area (TPSA) is 41.1 Å². The van der Waals surface area contributed by atoms with Crippen molar-refractivity contribution in [3.05, 3.63) is 22.4 Å². The van der Waals surface area contributed by atoms with Gasteiger partial charge in [0, 0.05) is 6.54 Å². The number of hydrogen-bond acceptors (Lipinski definition) is 3. The van der Waals surface area contributed by atoms with Crippen molar-refractivity contribution >= 4 is 17.2 Å². The summed E-state index contributed by atoms with van der Waals surface area (Å²) in [7, 11) is 0. The van der Waals surface area contributed by atoms with E-state index in [9.17, 15) is 4.79 Å². The van der Waals surface area contributed by atoms with Crippen molar-refractivity contribution in [3.8, 4) is 0 Å². The Labute approximate surface area is 107 Å². The van der Waals surface area contributed by atoms with Crippen LogP contribution in [0.2, 0.25) is 0 Å². The SMILES string of the molecule is CCCC1(C(=O)NCc2ccsc2)CCCN1. The minimum atomic E-state index is -0.301. The lowest BCUT2D eigenvalue weighted by Gasteiger charge is -2.27. The molecule has 0 saturated carbocycles. The van der Waals surface area contributed by atoms with Crippen molar-refractivity contribution in [1.82, 2.24) is 10.6 Å². The van der Waals surface area contributed by atoms with E-state index < -0.39 is 0 Å². The largest absolute Gasteiger partial charge is 0.350 e. The van der Waals surface area contributed by atoms with E-state index in [0.29, 0.717) is 6.54 Å². The Hall–Kier alpha value is -0.870. The summed E-state index contributed by atoms with van der Waals surface area (Å²) in [5.41, 5.74) is 0.887. The lowest BCUT2D eigenvalue weighted by Crippen LogP contribution is -2.53. The molecule has 1 amide bonds. The van der Waals surface area contributed by atoms with Gasteiger partial charge in [-0.15, -0.1) is 0 Å². The molecule has 2 N–H and O–H groups in total. The summed E-state index contributed by atoms with van der Waals surface area (Å²) < 4.78 is 0. The Morgan fingerprint density at radius 2 is 2.53 bits per heavy atom. The summed E-state index contributed by atoms with van der Waals surface area (Å²) >= 11 is 1.67. The lowest BCUT2D eigenvalue weighted by molar-refractivity contribution is -0.127. The third-order valence-corrected chi connectivity index (χ3v) is 4.12. The fraction of sp³-hybridized carbons (Fsp3) is 0.615. The maximum atomic E-state index is 12.3. The first-order valence-electron chi connectivity index (χ1n) is 6.31. The van der Waals surface area contributed by atoms with Crippen LogP contribution >= 0.6 is 11.3 Å². The fourth-order valence-corrected chi connectivity index (χ4v) is 3.17. The molecule has 94 valence electrons. The highest BCUT2D eigenvalue weighted by atomic mass is 32.1. The molecular weight excluding hydrogens is 232 g/mol. The smallest absolute Gasteiger partial charge is 0.240 e. The van der Waals surface area contributed by atoms with E-state index in [-0.39, 0.29) is 11.4 Å². The summed E-state index contributed by atoms with van der Waals surface area (Å²) in [5.74, 6) is 0.169. The molecule has 1 aliphatic rings. The van der Waals surface area contributed by atoms with Gasteiger partial charge < -0.3 is 10.6 Å². The molecule has 2 heterocycles. The van der Waals surface area contributed by atoms with E-state index in [0.717, 1.165) is 32.2 Å². The summed E-state index contributed by atoms with van der Waals surface area (Å²) in [5, 5.41) is 10.6. The number of amides is 1. The number of carbonyl (C=O) groups is 1. The third kappa shape index (κ3) is 2.87. The minimum Gasteiger partial charge on any atom is -0.350 e. The molecule has 1 fully saturated rings. The number of thiophene rings is 1. The molecule has 0 aromatic carbocycles. The number of nitrogens with one attached hydrogen (secondary N) is 2. The Morgan fingerprint density at radius 3 is 3.12 bits per heavy atom. The van der Waals surface area contributed by atoms with Gasteiger partial charge in [-0.25, -0.2) is 0 Å². The first-order valence-corrected chi connectivity index (χ1v) is 7.25. The maximum absolute atomic E-state index is 12.3. The molecule has 1 unspecified atom stereocenters. The van der Waals surface area contributed by atoms with E-state index in [1.807, 2.05) is 5.38 Å². The molecule has 1 aromatic heterocycles. The number of carbonyl (C=O) groups excluding carboxylic acids is 1. The van der Waals surface area contributed by atoms with Crippen LogP contribution in [0.1, 0.15) is 38.2 Å². The van der Waals surface area contributed by atoms with Gasteiger partial charge in [0.2, 0.25) is 5.91 Å². The standard InChI is InChI=1S/C13H20N2OS/c1-2-5-13(6-3-7-15-13)12(16)14-9-11-4-8-17-10-11/h4,8,10,15H,2-3,5-7,9H2,1H3,(H,14,16). The summed E-state index contributed by atoms with van der Waals surface area (Å²) in [6.45, 7) is 3.75. The highest BCUT2D eigenvalue weighted by Gasteiger charge is 2.39. The second kappa shape index (κ2) is 5.65. The van der Waals surface area contributed by atoms with Crippen molar-refractivity contribution < 1.29 is 4.79 Å². The second-order valence-corrected chi connectivity index (χ2v) is 5.46. The molecule has 1 aromatic rings.